The van der Waals surface area contributed by atoms with Gasteiger partial charge in [0.15, 0.2) is 0 Å². The average molecular weight is 274 g/mol. The number of esters is 1. The van der Waals surface area contributed by atoms with Crippen molar-refractivity contribution in [3.8, 4) is 0 Å². The number of methoxy groups -OCH3 is 1. The molecule has 1 aromatic carbocycles. The molecule has 1 amide bonds. The molecule has 1 saturated carbocycles. The summed E-state index contributed by atoms with van der Waals surface area (Å²) in [6, 6.07) is 5.15. The van der Waals surface area contributed by atoms with Crippen LogP contribution in [0.25, 0.3) is 0 Å². The number of amides is 1. The highest BCUT2D eigenvalue weighted by atomic mass is 16.5. The lowest BCUT2D eigenvalue weighted by molar-refractivity contribution is -0.124. The van der Waals surface area contributed by atoms with Gasteiger partial charge in [-0.15, -0.1) is 0 Å². The van der Waals surface area contributed by atoms with Crippen molar-refractivity contribution in [2.45, 2.75) is 25.7 Å². The van der Waals surface area contributed by atoms with Crippen LogP contribution in [0.3, 0.4) is 0 Å². The molecule has 0 unspecified atom stereocenters. The summed E-state index contributed by atoms with van der Waals surface area (Å²) in [4.78, 5) is 24.0. The first-order chi connectivity index (χ1) is 9.64. The van der Waals surface area contributed by atoms with Crippen LogP contribution in [0.5, 0.6) is 0 Å². The molecule has 0 atom stereocenters. The minimum absolute atomic E-state index is 0.0899. The van der Waals surface area contributed by atoms with Gasteiger partial charge in [-0.25, -0.2) is 4.79 Å². The van der Waals surface area contributed by atoms with Gasteiger partial charge < -0.3 is 15.4 Å². The molecule has 5 nitrogen and oxygen atoms in total. The summed E-state index contributed by atoms with van der Waals surface area (Å²) >= 11 is 0. The van der Waals surface area contributed by atoms with Crippen LogP contribution in [0.4, 0.5) is 11.4 Å². The number of fused-ring (bicyclic) bond motifs is 1. The van der Waals surface area contributed by atoms with E-state index in [0.29, 0.717) is 12.1 Å². The summed E-state index contributed by atoms with van der Waals surface area (Å²) in [5.74, 6) is -0.284. The van der Waals surface area contributed by atoms with Gasteiger partial charge in [0.2, 0.25) is 5.91 Å². The third-order valence-electron chi connectivity index (χ3n) is 4.35. The van der Waals surface area contributed by atoms with Crippen LogP contribution >= 0.6 is 0 Å². The van der Waals surface area contributed by atoms with Crippen LogP contribution < -0.4 is 10.6 Å². The molecular weight excluding hydrogens is 256 g/mol. The van der Waals surface area contributed by atoms with E-state index in [1.54, 1.807) is 18.2 Å². The molecule has 1 spiro atoms. The Kier molecular flexibility index (Phi) is 3.12. The van der Waals surface area contributed by atoms with E-state index in [0.717, 1.165) is 37.1 Å². The van der Waals surface area contributed by atoms with Gasteiger partial charge in [-0.1, -0.05) is 12.8 Å². The first kappa shape index (κ1) is 13.0. The molecule has 0 aromatic heterocycles. The summed E-state index contributed by atoms with van der Waals surface area (Å²) < 4.78 is 4.72. The van der Waals surface area contributed by atoms with Gasteiger partial charge in [0.05, 0.1) is 29.5 Å². The lowest BCUT2D eigenvalue weighted by Crippen LogP contribution is -2.37. The summed E-state index contributed by atoms with van der Waals surface area (Å²) in [7, 11) is 1.36. The second kappa shape index (κ2) is 4.81. The van der Waals surface area contributed by atoms with Crippen LogP contribution in [0.2, 0.25) is 0 Å². The summed E-state index contributed by atoms with van der Waals surface area (Å²) in [5, 5.41) is 6.30. The maximum atomic E-state index is 12.4. The Morgan fingerprint density at radius 3 is 2.70 bits per heavy atom. The molecule has 0 radical (unpaired) electrons. The second-order valence-electron chi connectivity index (χ2n) is 5.55. The maximum absolute atomic E-state index is 12.4. The third kappa shape index (κ3) is 2.03. The van der Waals surface area contributed by atoms with E-state index in [9.17, 15) is 9.59 Å². The van der Waals surface area contributed by atoms with Gasteiger partial charge in [-0.3, -0.25) is 4.79 Å². The maximum Gasteiger partial charge on any atom is 0.337 e. The fourth-order valence-corrected chi connectivity index (χ4v) is 3.10. The van der Waals surface area contributed by atoms with Crippen molar-refractivity contribution < 1.29 is 14.3 Å². The molecule has 1 fully saturated rings. The number of nitrogens with one attached hydrogen (secondary N) is 2. The zero-order valence-electron chi connectivity index (χ0n) is 11.5. The second-order valence-corrected chi connectivity index (χ2v) is 5.55. The van der Waals surface area contributed by atoms with Crippen LogP contribution in [0.1, 0.15) is 36.0 Å². The average Bonchev–Trinajstić information content (AvgIpc) is 2.90. The van der Waals surface area contributed by atoms with Crippen molar-refractivity contribution in [3.05, 3.63) is 23.8 Å². The molecule has 1 aromatic rings. The summed E-state index contributed by atoms with van der Waals surface area (Å²) in [6.45, 7) is 0.621. The van der Waals surface area contributed by atoms with Gasteiger partial charge in [0, 0.05) is 6.54 Å². The molecule has 1 aliphatic carbocycles. The van der Waals surface area contributed by atoms with E-state index in [4.69, 9.17) is 4.74 Å². The fourth-order valence-electron chi connectivity index (χ4n) is 3.10. The zero-order valence-corrected chi connectivity index (χ0v) is 11.5. The van der Waals surface area contributed by atoms with E-state index in [2.05, 4.69) is 10.6 Å². The van der Waals surface area contributed by atoms with Gasteiger partial charge in [0.25, 0.3) is 0 Å². The molecule has 20 heavy (non-hydrogen) atoms. The van der Waals surface area contributed by atoms with Crippen molar-refractivity contribution in [3.63, 3.8) is 0 Å². The predicted molar refractivity (Wildman–Crippen MR) is 75.8 cm³/mol. The van der Waals surface area contributed by atoms with Gasteiger partial charge >= 0.3 is 5.97 Å². The van der Waals surface area contributed by atoms with Gasteiger partial charge in [-0.05, 0) is 31.0 Å². The molecule has 0 saturated heterocycles. The van der Waals surface area contributed by atoms with E-state index in [1.807, 2.05) is 0 Å². The third-order valence-corrected chi connectivity index (χ3v) is 4.35. The monoisotopic (exact) mass is 274 g/mol. The van der Waals surface area contributed by atoms with E-state index >= 15 is 0 Å². The van der Waals surface area contributed by atoms with Crippen molar-refractivity contribution in [2.24, 2.45) is 5.41 Å². The Labute approximate surface area is 117 Å². The number of carbonyl (C=O) groups excluding carboxylic acids is 2. The first-order valence-electron chi connectivity index (χ1n) is 6.92. The molecule has 5 heteroatoms. The zero-order chi connectivity index (χ0) is 14.2. The van der Waals surface area contributed by atoms with Crippen LogP contribution in [0, 0.1) is 5.41 Å². The normalized spacial score (nSPS) is 19.8. The van der Waals surface area contributed by atoms with E-state index < -0.39 is 0 Å². The number of rotatable bonds is 1. The molecule has 2 aliphatic rings. The Bertz CT molecular complexity index is 562. The van der Waals surface area contributed by atoms with E-state index in [-0.39, 0.29) is 17.3 Å². The van der Waals surface area contributed by atoms with Crippen molar-refractivity contribution >= 4 is 23.3 Å². The highest BCUT2D eigenvalue weighted by molar-refractivity contribution is 6.01. The van der Waals surface area contributed by atoms with Crippen LogP contribution in [0.15, 0.2) is 18.2 Å². The van der Waals surface area contributed by atoms with Crippen molar-refractivity contribution in [1.82, 2.24) is 0 Å². The van der Waals surface area contributed by atoms with E-state index in [1.165, 1.54) is 7.11 Å². The summed E-state index contributed by atoms with van der Waals surface area (Å²) in [6.07, 6.45) is 4.03. The van der Waals surface area contributed by atoms with Gasteiger partial charge in [-0.2, -0.15) is 0 Å². The Hall–Kier alpha value is -2.04. The predicted octanol–water partition coefficient (Wildman–Crippen LogP) is 2.40. The Morgan fingerprint density at radius 1 is 1.25 bits per heavy atom. The lowest BCUT2D eigenvalue weighted by atomic mass is 9.85. The van der Waals surface area contributed by atoms with Gasteiger partial charge in [0.1, 0.15) is 0 Å². The SMILES string of the molecule is COC(=O)c1ccc2c(c1)NCC1(CCCC1)C(=O)N2. The smallest absolute Gasteiger partial charge is 0.337 e. The number of anilines is 2. The first-order valence-corrected chi connectivity index (χ1v) is 6.92. The molecular formula is C15H18N2O3. The highest BCUT2D eigenvalue weighted by Gasteiger charge is 2.42. The number of hydrogen-bond acceptors (Lipinski definition) is 4. The number of hydrogen-bond donors (Lipinski definition) is 2. The molecule has 1 aliphatic heterocycles. The Morgan fingerprint density at radius 2 is 2.00 bits per heavy atom. The van der Waals surface area contributed by atoms with Crippen LogP contribution in [-0.4, -0.2) is 25.5 Å². The molecule has 106 valence electrons. The largest absolute Gasteiger partial charge is 0.465 e. The lowest BCUT2D eigenvalue weighted by Gasteiger charge is -2.24. The summed E-state index contributed by atoms with van der Waals surface area (Å²) in [5.41, 5.74) is 1.69. The minimum atomic E-state index is -0.374. The van der Waals surface area contributed by atoms with Crippen LogP contribution in [-0.2, 0) is 9.53 Å². The minimum Gasteiger partial charge on any atom is -0.465 e. The molecule has 2 N–H and O–H groups in total. The number of ether oxygens (including phenoxy) is 1. The number of carbonyl (C=O) groups is 2. The standard InChI is InChI=1S/C15H18N2O3/c1-20-13(18)10-4-5-11-12(8-10)16-9-15(14(19)17-11)6-2-3-7-15/h4-5,8,16H,2-3,6-7,9H2,1H3,(H,17,19). The topological polar surface area (TPSA) is 67.4 Å². The molecule has 1 heterocycles. The number of benzene rings is 1. The molecule has 0 bridgehead atoms. The fraction of sp³-hybridized carbons (Fsp3) is 0.467. The molecule has 3 rings (SSSR count). The Balaban J connectivity index is 1.92. The van der Waals surface area contributed by atoms with Crippen molar-refractivity contribution in [1.29, 1.82) is 0 Å². The van der Waals surface area contributed by atoms with Crippen molar-refractivity contribution in [2.75, 3.05) is 24.3 Å². The highest BCUT2D eigenvalue weighted by Crippen LogP contribution is 2.42. The quantitative estimate of drug-likeness (QED) is 0.772.